The van der Waals surface area contributed by atoms with Gasteiger partial charge in [0.05, 0.1) is 25.0 Å². The number of hydrogen-bond donors (Lipinski definition) is 0. The first kappa shape index (κ1) is 9.81. The normalized spacial score (nSPS) is 22.2. The Morgan fingerprint density at radius 2 is 2.00 bits per heavy atom. The summed E-state index contributed by atoms with van der Waals surface area (Å²) in [5, 5.41) is 17.3. The van der Waals surface area contributed by atoms with E-state index in [1.165, 1.54) is 24.0 Å². The quantitative estimate of drug-likeness (QED) is 0.604. The first-order chi connectivity index (χ1) is 6.29. The van der Waals surface area contributed by atoms with E-state index >= 15 is 0 Å². The van der Waals surface area contributed by atoms with Crippen LogP contribution in [0.15, 0.2) is 11.1 Å². The molecule has 0 unspecified atom stereocenters. The van der Waals surface area contributed by atoms with Gasteiger partial charge in [-0.05, 0) is 25.2 Å². The van der Waals surface area contributed by atoms with E-state index in [0.717, 1.165) is 6.42 Å². The Bertz CT molecular complexity index is 288. The minimum atomic E-state index is 0.511. The van der Waals surface area contributed by atoms with Crippen molar-refractivity contribution >= 4 is 0 Å². The molecule has 1 aliphatic carbocycles. The van der Waals surface area contributed by atoms with Crippen molar-refractivity contribution in [2.24, 2.45) is 5.92 Å². The van der Waals surface area contributed by atoms with Crippen LogP contribution >= 0.6 is 0 Å². The molecule has 0 saturated heterocycles. The third-order valence-corrected chi connectivity index (χ3v) is 2.73. The average Bonchev–Trinajstić information content (AvgIpc) is 2.11. The molecule has 0 aromatic heterocycles. The fourth-order valence-electron chi connectivity index (χ4n) is 1.99. The molecule has 1 aliphatic rings. The summed E-state index contributed by atoms with van der Waals surface area (Å²) in [6.07, 6.45) is 4.40. The molecule has 0 spiro atoms. The predicted molar refractivity (Wildman–Crippen MR) is 50.5 cm³/mol. The molecule has 0 aliphatic heterocycles. The van der Waals surface area contributed by atoms with Crippen LogP contribution in [0.2, 0.25) is 0 Å². The molecule has 0 bridgehead atoms. The van der Waals surface area contributed by atoms with Gasteiger partial charge >= 0.3 is 0 Å². The van der Waals surface area contributed by atoms with Crippen LogP contribution in [0.4, 0.5) is 0 Å². The Balaban J connectivity index is 2.85. The molecule has 0 saturated carbocycles. The number of hydrogen-bond acceptors (Lipinski definition) is 2. The van der Waals surface area contributed by atoms with E-state index in [0.29, 0.717) is 18.8 Å². The van der Waals surface area contributed by atoms with E-state index in [2.05, 4.69) is 19.1 Å². The van der Waals surface area contributed by atoms with Crippen molar-refractivity contribution in [2.45, 2.75) is 39.0 Å². The zero-order chi connectivity index (χ0) is 9.68. The minimum Gasteiger partial charge on any atom is -0.198 e. The molecule has 0 heterocycles. The van der Waals surface area contributed by atoms with Gasteiger partial charge in [0.15, 0.2) is 0 Å². The molecular weight excluding hydrogens is 160 g/mol. The van der Waals surface area contributed by atoms with Crippen LogP contribution in [0, 0.1) is 28.6 Å². The van der Waals surface area contributed by atoms with Gasteiger partial charge in [-0.3, -0.25) is 0 Å². The summed E-state index contributed by atoms with van der Waals surface area (Å²) >= 11 is 0. The van der Waals surface area contributed by atoms with Crippen molar-refractivity contribution in [1.82, 2.24) is 0 Å². The van der Waals surface area contributed by atoms with E-state index in [9.17, 15) is 0 Å². The molecule has 2 nitrogen and oxygen atoms in total. The first-order valence-electron chi connectivity index (χ1n) is 4.74. The van der Waals surface area contributed by atoms with Gasteiger partial charge in [0.2, 0.25) is 0 Å². The largest absolute Gasteiger partial charge is 0.198 e. The van der Waals surface area contributed by atoms with Gasteiger partial charge in [-0.2, -0.15) is 10.5 Å². The topological polar surface area (TPSA) is 47.6 Å². The summed E-state index contributed by atoms with van der Waals surface area (Å²) in [6.45, 7) is 2.16. The highest BCUT2D eigenvalue weighted by Crippen LogP contribution is 2.33. The molecule has 2 heteroatoms. The SMILES string of the molecule is C[C@@H]1CCCC(CC#N)=C1CC#N. The van der Waals surface area contributed by atoms with Crippen LogP contribution in [0.1, 0.15) is 39.0 Å². The summed E-state index contributed by atoms with van der Waals surface area (Å²) in [7, 11) is 0. The predicted octanol–water partition coefficient (Wildman–Crippen LogP) is 2.93. The van der Waals surface area contributed by atoms with Crippen LogP contribution in [-0.4, -0.2) is 0 Å². The smallest absolute Gasteiger partial charge is 0.0666 e. The number of nitriles is 2. The summed E-state index contributed by atoms with van der Waals surface area (Å²) in [5.41, 5.74) is 2.46. The van der Waals surface area contributed by atoms with E-state index in [1.807, 2.05) is 0 Å². The van der Waals surface area contributed by atoms with Gasteiger partial charge in [0.25, 0.3) is 0 Å². The fraction of sp³-hybridized carbons (Fsp3) is 0.636. The molecule has 0 aromatic rings. The first-order valence-corrected chi connectivity index (χ1v) is 4.74. The van der Waals surface area contributed by atoms with E-state index in [1.54, 1.807) is 0 Å². The van der Waals surface area contributed by atoms with Crippen molar-refractivity contribution in [1.29, 1.82) is 10.5 Å². The Kier molecular flexibility index (Phi) is 3.53. The Morgan fingerprint density at radius 3 is 2.62 bits per heavy atom. The molecular formula is C11H14N2. The van der Waals surface area contributed by atoms with Crippen LogP contribution < -0.4 is 0 Å². The molecule has 0 N–H and O–H groups in total. The summed E-state index contributed by atoms with van der Waals surface area (Å²) < 4.78 is 0. The molecule has 68 valence electrons. The van der Waals surface area contributed by atoms with Crippen molar-refractivity contribution in [2.75, 3.05) is 0 Å². The van der Waals surface area contributed by atoms with E-state index < -0.39 is 0 Å². The average molecular weight is 174 g/mol. The molecule has 0 fully saturated rings. The van der Waals surface area contributed by atoms with Crippen molar-refractivity contribution in [3.05, 3.63) is 11.1 Å². The number of nitrogens with zero attached hydrogens (tertiary/aromatic N) is 2. The summed E-state index contributed by atoms with van der Waals surface area (Å²) in [6, 6.07) is 4.37. The Morgan fingerprint density at radius 1 is 1.31 bits per heavy atom. The van der Waals surface area contributed by atoms with Crippen LogP contribution in [0.3, 0.4) is 0 Å². The standard InChI is InChI=1S/C11H14N2/c1-9-3-2-4-10(5-7-12)11(9)6-8-13/h9H,2-6H2,1H3/t9-/m1/s1. The van der Waals surface area contributed by atoms with Crippen LogP contribution in [0.5, 0.6) is 0 Å². The minimum absolute atomic E-state index is 0.511. The van der Waals surface area contributed by atoms with Crippen LogP contribution in [-0.2, 0) is 0 Å². The second-order valence-corrected chi connectivity index (χ2v) is 3.59. The lowest BCUT2D eigenvalue weighted by Crippen LogP contribution is -2.09. The maximum Gasteiger partial charge on any atom is 0.0666 e. The van der Waals surface area contributed by atoms with Gasteiger partial charge < -0.3 is 0 Å². The lowest BCUT2D eigenvalue weighted by atomic mass is 9.81. The van der Waals surface area contributed by atoms with Gasteiger partial charge in [-0.1, -0.05) is 18.1 Å². The summed E-state index contributed by atoms with van der Waals surface area (Å²) in [5.74, 6) is 0.511. The van der Waals surface area contributed by atoms with Crippen LogP contribution in [0.25, 0.3) is 0 Å². The molecule has 1 atom stereocenters. The zero-order valence-corrected chi connectivity index (χ0v) is 8.01. The molecule has 0 aromatic carbocycles. The summed E-state index contributed by atoms with van der Waals surface area (Å²) in [4.78, 5) is 0. The highest BCUT2D eigenvalue weighted by Gasteiger charge is 2.18. The molecule has 0 radical (unpaired) electrons. The van der Waals surface area contributed by atoms with E-state index in [4.69, 9.17) is 10.5 Å². The molecule has 1 rings (SSSR count). The fourth-order valence-corrected chi connectivity index (χ4v) is 1.99. The van der Waals surface area contributed by atoms with E-state index in [-0.39, 0.29) is 0 Å². The third-order valence-electron chi connectivity index (χ3n) is 2.73. The number of rotatable bonds is 2. The Labute approximate surface area is 79.5 Å². The maximum absolute atomic E-state index is 8.66. The highest BCUT2D eigenvalue weighted by molar-refractivity contribution is 5.24. The van der Waals surface area contributed by atoms with Gasteiger partial charge in [0.1, 0.15) is 0 Å². The second kappa shape index (κ2) is 4.67. The monoisotopic (exact) mass is 174 g/mol. The van der Waals surface area contributed by atoms with Crippen molar-refractivity contribution in [3.63, 3.8) is 0 Å². The maximum atomic E-state index is 8.66. The van der Waals surface area contributed by atoms with Gasteiger partial charge in [0, 0.05) is 0 Å². The van der Waals surface area contributed by atoms with Gasteiger partial charge in [-0.25, -0.2) is 0 Å². The zero-order valence-electron chi connectivity index (χ0n) is 8.01. The lowest BCUT2D eigenvalue weighted by molar-refractivity contribution is 0.523. The highest BCUT2D eigenvalue weighted by atomic mass is 14.3. The van der Waals surface area contributed by atoms with Gasteiger partial charge in [-0.15, -0.1) is 0 Å². The third kappa shape index (κ3) is 2.33. The van der Waals surface area contributed by atoms with Crippen molar-refractivity contribution < 1.29 is 0 Å². The Hall–Kier alpha value is -1.28. The number of allylic oxidation sites excluding steroid dienone is 2. The molecule has 0 amide bonds. The molecule has 13 heavy (non-hydrogen) atoms. The second-order valence-electron chi connectivity index (χ2n) is 3.59. The lowest BCUT2D eigenvalue weighted by Gasteiger charge is -2.23. The van der Waals surface area contributed by atoms with Crippen molar-refractivity contribution in [3.8, 4) is 12.1 Å².